The molecule has 0 aromatic heterocycles. The second-order valence-electron chi connectivity index (χ2n) is 6.41. The number of hydrogen-bond donors (Lipinski definition) is 1. The smallest absolute Gasteiger partial charge is 0.311 e. The van der Waals surface area contributed by atoms with E-state index in [0.717, 1.165) is 19.3 Å². The van der Waals surface area contributed by atoms with E-state index >= 15 is 0 Å². The molecule has 0 radical (unpaired) electrons. The van der Waals surface area contributed by atoms with Crippen LogP contribution in [0.4, 0.5) is 0 Å². The van der Waals surface area contributed by atoms with Crippen LogP contribution in [0.2, 0.25) is 5.02 Å². The van der Waals surface area contributed by atoms with Gasteiger partial charge in [0.1, 0.15) is 5.75 Å². The molecule has 0 unspecified atom stereocenters. The number of hydrogen-bond acceptors (Lipinski definition) is 4. The van der Waals surface area contributed by atoms with Gasteiger partial charge in [0.15, 0.2) is 6.10 Å². The van der Waals surface area contributed by atoms with Gasteiger partial charge in [-0.3, -0.25) is 9.59 Å². The fourth-order valence-corrected chi connectivity index (χ4v) is 3.15. The lowest BCUT2D eigenvalue weighted by Crippen LogP contribution is -2.36. The zero-order valence-electron chi connectivity index (χ0n) is 15.3. The summed E-state index contributed by atoms with van der Waals surface area (Å²) < 4.78 is 10.4. The van der Waals surface area contributed by atoms with Crippen molar-refractivity contribution in [3.8, 4) is 5.75 Å². The molecular formula is C20H26ClNO4. The molecule has 0 spiro atoms. The van der Waals surface area contributed by atoms with Crippen molar-refractivity contribution in [2.45, 2.75) is 51.6 Å². The Bertz CT molecular complexity index is 672. The zero-order valence-corrected chi connectivity index (χ0v) is 16.1. The number of allylic oxidation sites excluding steroid dienone is 1. The molecule has 0 heterocycles. The lowest BCUT2D eigenvalue weighted by Gasteiger charge is -2.16. The lowest BCUT2D eigenvalue weighted by molar-refractivity contribution is -0.154. The van der Waals surface area contributed by atoms with Gasteiger partial charge in [-0.2, -0.15) is 0 Å². The zero-order chi connectivity index (χ0) is 18.9. The largest absolute Gasteiger partial charge is 0.496 e. The van der Waals surface area contributed by atoms with Gasteiger partial charge in [0, 0.05) is 17.1 Å². The Morgan fingerprint density at radius 3 is 2.81 bits per heavy atom. The Morgan fingerprint density at radius 2 is 2.12 bits per heavy atom. The molecule has 1 N–H and O–H groups in total. The van der Waals surface area contributed by atoms with Crippen LogP contribution in [0.5, 0.6) is 5.75 Å². The van der Waals surface area contributed by atoms with E-state index in [4.69, 9.17) is 21.1 Å². The van der Waals surface area contributed by atoms with Crippen molar-refractivity contribution >= 4 is 23.5 Å². The number of benzene rings is 1. The van der Waals surface area contributed by atoms with Crippen molar-refractivity contribution in [1.82, 2.24) is 5.32 Å². The first-order valence-electron chi connectivity index (χ1n) is 8.97. The predicted molar refractivity (Wildman–Crippen MR) is 101 cm³/mol. The maximum absolute atomic E-state index is 12.1. The average Bonchev–Trinajstić information content (AvgIpc) is 2.62. The third kappa shape index (κ3) is 6.37. The fourth-order valence-electron chi connectivity index (χ4n) is 2.95. The molecule has 6 heteroatoms. The lowest BCUT2D eigenvalue weighted by atomic mass is 9.97. The van der Waals surface area contributed by atoms with Crippen molar-refractivity contribution in [2.24, 2.45) is 0 Å². The van der Waals surface area contributed by atoms with E-state index in [1.807, 2.05) is 0 Å². The quantitative estimate of drug-likeness (QED) is 0.550. The first-order chi connectivity index (χ1) is 12.5. The van der Waals surface area contributed by atoms with Gasteiger partial charge < -0.3 is 14.8 Å². The number of nitrogens with one attached hydrogen (secondary N) is 1. The molecule has 0 fully saturated rings. The molecule has 1 atom stereocenters. The van der Waals surface area contributed by atoms with Crippen LogP contribution in [-0.4, -0.2) is 31.6 Å². The van der Waals surface area contributed by atoms with Gasteiger partial charge in [-0.15, -0.1) is 0 Å². The molecule has 5 nitrogen and oxygen atoms in total. The Kier molecular flexibility index (Phi) is 7.98. The third-order valence-electron chi connectivity index (χ3n) is 4.39. The van der Waals surface area contributed by atoms with Gasteiger partial charge in [0.2, 0.25) is 0 Å². The molecule has 0 aliphatic heterocycles. The summed E-state index contributed by atoms with van der Waals surface area (Å²) in [6, 6.07) is 5.04. The van der Waals surface area contributed by atoms with Crippen LogP contribution in [0.15, 0.2) is 29.8 Å². The number of amides is 1. The standard InChI is InChI=1S/C20H26ClNO4/c1-14(20(24)22-11-10-15-6-4-3-5-7-15)26-19(23)13-16-12-17(21)8-9-18(16)25-2/h6,8-9,12,14H,3-5,7,10-11,13H2,1-2H3,(H,22,24)/t14-/m1/s1. The maximum atomic E-state index is 12.1. The van der Waals surface area contributed by atoms with E-state index in [1.54, 1.807) is 25.1 Å². The van der Waals surface area contributed by atoms with E-state index < -0.39 is 12.1 Å². The van der Waals surface area contributed by atoms with Crippen LogP contribution >= 0.6 is 11.6 Å². The molecule has 1 aromatic rings. The summed E-state index contributed by atoms with van der Waals surface area (Å²) in [5.41, 5.74) is 2.02. The number of methoxy groups -OCH3 is 1. The minimum Gasteiger partial charge on any atom is -0.496 e. The number of carbonyl (C=O) groups excluding carboxylic acids is 2. The summed E-state index contributed by atoms with van der Waals surface area (Å²) in [6.07, 6.45) is 6.98. The topological polar surface area (TPSA) is 64.6 Å². The molecular weight excluding hydrogens is 354 g/mol. The molecule has 0 saturated heterocycles. The van der Waals surface area contributed by atoms with Crippen LogP contribution in [-0.2, 0) is 20.7 Å². The van der Waals surface area contributed by atoms with Crippen LogP contribution in [0, 0.1) is 0 Å². The average molecular weight is 380 g/mol. The number of rotatable bonds is 8. The Balaban J connectivity index is 1.78. The van der Waals surface area contributed by atoms with Gasteiger partial charge in [-0.05, 0) is 57.2 Å². The summed E-state index contributed by atoms with van der Waals surface area (Å²) in [6.45, 7) is 2.14. The summed E-state index contributed by atoms with van der Waals surface area (Å²) in [7, 11) is 1.52. The highest BCUT2D eigenvalue weighted by Gasteiger charge is 2.19. The molecule has 0 saturated carbocycles. The normalized spacial score (nSPS) is 15.0. The van der Waals surface area contributed by atoms with Gasteiger partial charge in [0.25, 0.3) is 5.91 Å². The molecule has 1 aromatic carbocycles. The third-order valence-corrected chi connectivity index (χ3v) is 4.62. The molecule has 2 rings (SSSR count). The summed E-state index contributed by atoms with van der Waals surface area (Å²) in [4.78, 5) is 24.2. The van der Waals surface area contributed by atoms with Crippen molar-refractivity contribution < 1.29 is 19.1 Å². The molecule has 26 heavy (non-hydrogen) atoms. The van der Waals surface area contributed by atoms with Crippen LogP contribution in [0.1, 0.15) is 44.6 Å². The van der Waals surface area contributed by atoms with Gasteiger partial charge in [-0.1, -0.05) is 23.3 Å². The molecule has 1 amide bonds. The number of carbonyl (C=O) groups is 2. The van der Waals surface area contributed by atoms with Crippen molar-refractivity contribution in [3.63, 3.8) is 0 Å². The predicted octanol–water partition coefficient (Wildman–Crippen LogP) is 3.83. The summed E-state index contributed by atoms with van der Waals surface area (Å²) in [5, 5.41) is 3.34. The SMILES string of the molecule is COc1ccc(Cl)cc1CC(=O)O[C@H](C)C(=O)NCCC1=CCCCC1. The van der Waals surface area contributed by atoms with Crippen LogP contribution in [0.25, 0.3) is 0 Å². The van der Waals surface area contributed by atoms with Crippen LogP contribution < -0.4 is 10.1 Å². The van der Waals surface area contributed by atoms with Crippen molar-refractivity contribution in [2.75, 3.05) is 13.7 Å². The maximum Gasteiger partial charge on any atom is 0.311 e. The minimum atomic E-state index is -0.840. The monoisotopic (exact) mass is 379 g/mol. The molecule has 1 aliphatic carbocycles. The molecule has 1 aliphatic rings. The van der Waals surface area contributed by atoms with E-state index in [0.29, 0.717) is 22.9 Å². The van der Waals surface area contributed by atoms with E-state index in [1.165, 1.54) is 25.5 Å². The minimum absolute atomic E-state index is 0.00572. The Morgan fingerprint density at radius 1 is 1.31 bits per heavy atom. The van der Waals surface area contributed by atoms with E-state index in [9.17, 15) is 9.59 Å². The fraction of sp³-hybridized carbons (Fsp3) is 0.500. The highest BCUT2D eigenvalue weighted by Crippen LogP contribution is 2.23. The van der Waals surface area contributed by atoms with E-state index in [-0.39, 0.29) is 12.3 Å². The second kappa shape index (κ2) is 10.2. The number of halogens is 1. The first-order valence-corrected chi connectivity index (χ1v) is 9.35. The second-order valence-corrected chi connectivity index (χ2v) is 6.85. The van der Waals surface area contributed by atoms with Gasteiger partial charge >= 0.3 is 5.97 Å². The number of esters is 1. The number of ether oxygens (including phenoxy) is 2. The van der Waals surface area contributed by atoms with Crippen LogP contribution in [0.3, 0.4) is 0 Å². The highest BCUT2D eigenvalue weighted by molar-refractivity contribution is 6.30. The Hall–Kier alpha value is -2.01. The molecule has 142 valence electrons. The van der Waals surface area contributed by atoms with Gasteiger partial charge in [-0.25, -0.2) is 0 Å². The summed E-state index contributed by atoms with van der Waals surface area (Å²) in [5.74, 6) is -0.222. The van der Waals surface area contributed by atoms with E-state index in [2.05, 4.69) is 11.4 Å². The highest BCUT2D eigenvalue weighted by atomic mass is 35.5. The Labute approximate surface area is 159 Å². The van der Waals surface area contributed by atoms with Crippen molar-refractivity contribution in [3.05, 3.63) is 40.4 Å². The van der Waals surface area contributed by atoms with Gasteiger partial charge in [0.05, 0.1) is 13.5 Å². The van der Waals surface area contributed by atoms with Crippen molar-refractivity contribution in [1.29, 1.82) is 0 Å². The first kappa shape index (κ1) is 20.3. The molecule has 0 bridgehead atoms. The summed E-state index contributed by atoms with van der Waals surface area (Å²) >= 11 is 5.96.